The van der Waals surface area contributed by atoms with Crippen molar-refractivity contribution in [1.29, 1.82) is 0 Å². The number of aromatic carboxylic acids is 1. The molecule has 7 heteroatoms. The van der Waals surface area contributed by atoms with Crippen molar-refractivity contribution in [3.8, 4) is 0 Å². The van der Waals surface area contributed by atoms with E-state index in [4.69, 9.17) is 9.84 Å². The molecule has 1 rings (SSSR count). The van der Waals surface area contributed by atoms with Crippen LogP contribution in [0.2, 0.25) is 0 Å². The van der Waals surface area contributed by atoms with Crippen molar-refractivity contribution in [2.75, 3.05) is 33.9 Å². The smallest absolute Gasteiger partial charge is 0.335 e. The second kappa shape index (κ2) is 10.4. The molecule has 0 unspecified atom stereocenters. The molecule has 0 radical (unpaired) electrons. The number of hydrogen-bond donors (Lipinski definition) is 2. The molecule has 0 saturated carbocycles. The summed E-state index contributed by atoms with van der Waals surface area (Å²) in [5, 5.41) is 11.8. The third kappa shape index (κ3) is 6.78. The Morgan fingerprint density at radius 1 is 1.25 bits per heavy atom. The van der Waals surface area contributed by atoms with Gasteiger partial charge in [-0.2, -0.15) is 0 Å². The number of nitrogens with zero attached hydrogens (tertiary/aromatic N) is 1. The van der Waals surface area contributed by atoms with Crippen LogP contribution in [-0.4, -0.2) is 61.6 Å². The van der Waals surface area contributed by atoms with Crippen LogP contribution in [0.25, 0.3) is 0 Å². The first-order valence-corrected chi connectivity index (χ1v) is 7.76. The summed E-state index contributed by atoms with van der Waals surface area (Å²) < 4.78 is 4.89. The van der Waals surface area contributed by atoms with Crippen LogP contribution in [0.1, 0.15) is 28.8 Å². The number of carboxylic acids is 1. The van der Waals surface area contributed by atoms with Crippen LogP contribution in [-0.2, 0) is 20.7 Å². The molecule has 0 fully saturated rings. The van der Waals surface area contributed by atoms with Crippen molar-refractivity contribution in [3.63, 3.8) is 0 Å². The Morgan fingerprint density at radius 2 is 1.96 bits per heavy atom. The minimum Gasteiger partial charge on any atom is -0.478 e. The summed E-state index contributed by atoms with van der Waals surface area (Å²) in [5.41, 5.74) is 0.805. The van der Waals surface area contributed by atoms with Gasteiger partial charge in [-0.1, -0.05) is 18.2 Å². The fraction of sp³-hybridized carbons (Fsp3) is 0.471. The maximum Gasteiger partial charge on any atom is 0.335 e. The molecule has 0 aliphatic rings. The van der Waals surface area contributed by atoms with Gasteiger partial charge in [-0.05, 0) is 24.5 Å². The average Bonchev–Trinajstić information content (AvgIpc) is 2.56. The molecule has 0 aliphatic carbocycles. The first-order valence-electron chi connectivity index (χ1n) is 7.76. The molecule has 0 heterocycles. The molecule has 1 aromatic carbocycles. The maximum absolute atomic E-state index is 12.1. The van der Waals surface area contributed by atoms with Crippen LogP contribution in [0.5, 0.6) is 0 Å². The highest BCUT2D eigenvalue weighted by Gasteiger charge is 2.15. The van der Waals surface area contributed by atoms with E-state index in [-0.39, 0.29) is 30.3 Å². The van der Waals surface area contributed by atoms with E-state index in [0.29, 0.717) is 31.6 Å². The molecular formula is C17H24N2O5. The predicted molar refractivity (Wildman–Crippen MR) is 88.9 cm³/mol. The second-order valence-electron chi connectivity index (χ2n) is 5.41. The van der Waals surface area contributed by atoms with Crippen LogP contribution in [0, 0.1) is 0 Å². The molecule has 132 valence electrons. The van der Waals surface area contributed by atoms with E-state index in [0.717, 1.165) is 0 Å². The number of carbonyl (C=O) groups is 3. The van der Waals surface area contributed by atoms with Crippen molar-refractivity contribution in [3.05, 3.63) is 35.4 Å². The minimum atomic E-state index is -1.01. The first kappa shape index (κ1) is 19.6. The Hall–Kier alpha value is -2.41. The summed E-state index contributed by atoms with van der Waals surface area (Å²) in [6, 6.07) is 6.59. The Balaban J connectivity index is 2.42. The van der Waals surface area contributed by atoms with Crippen molar-refractivity contribution in [2.24, 2.45) is 0 Å². The number of carbonyl (C=O) groups excluding carboxylic acids is 2. The lowest BCUT2D eigenvalue weighted by Crippen LogP contribution is -2.38. The number of rotatable bonds is 10. The third-order valence-electron chi connectivity index (χ3n) is 3.51. The van der Waals surface area contributed by atoms with Gasteiger partial charge in [0.05, 0.1) is 12.1 Å². The van der Waals surface area contributed by atoms with Gasteiger partial charge in [-0.25, -0.2) is 4.79 Å². The maximum atomic E-state index is 12.1. The number of nitrogens with one attached hydrogen (secondary N) is 1. The van der Waals surface area contributed by atoms with Crippen LogP contribution < -0.4 is 5.32 Å². The van der Waals surface area contributed by atoms with Crippen molar-refractivity contribution >= 4 is 17.8 Å². The molecule has 0 aliphatic heterocycles. The van der Waals surface area contributed by atoms with Crippen molar-refractivity contribution in [2.45, 2.75) is 19.3 Å². The van der Waals surface area contributed by atoms with E-state index in [9.17, 15) is 14.4 Å². The van der Waals surface area contributed by atoms with Crippen molar-refractivity contribution < 1.29 is 24.2 Å². The third-order valence-corrected chi connectivity index (χ3v) is 3.51. The zero-order valence-electron chi connectivity index (χ0n) is 14.1. The van der Waals surface area contributed by atoms with E-state index in [2.05, 4.69) is 5.32 Å². The fourth-order valence-electron chi connectivity index (χ4n) is 2.18. The van der Waals surface area contributed by atoms with Gasteiger partial charge in [0, 0.05) is 33.7 Å². The number of benzene rings is 1. The number of hydrogen-bond acceptors (Lipinski definition) is 4. The molecule has 0 aromatic heterocycles. The lowest BCUT2D eigenvalue weighted by atomic mass is 10.0. The number of methoxy groups -OCH3 is 1. The molecule has 24 heavy (non-hydrogen) atoms. The first-order chi connectivity index (χ1) is 11.5. The number of ether oxygens (including phenoxy) is 1. The predicted octanol–water partition coefficient (Wildman–Crippen LogP) is 0.929. The largest absolute Gasteiger partial charge is 0.478 e. The topological polar surface area (TPSA) is 95.9 Å². The molecule has 2 N–H and O–H groups in total. The SMILES string of the molecule is COCCCNC(=O)CN(C)C(=O)CCc1ccccc1C(=O)O. The van der Waals surface area contributed by atoms with Crippen LogP contribution in [0.15, 0.2) is 24.3 Å². The van der Waals surface area contributed by atoms with Crippen LogP contribution in [0.3, 0.4) is 0 Å². The lowest BCUT2D eigenvalue weighted by molar-refractivity contribution is -0.134. The van der Waals surface area contributed by atoms with Gasteiger partial charge >= 0.3 is 5.97 Å². The number of likely N-dealkylation sites (N-methyl/N-ethyl adjacent to an activating group) is 1. The molecule has 2 amide bonds. The Morgan fingerprint density at radius 3 is 2.62 bits per heavy atom. The average molecular weight is 336 g/mol. The summed E-state index contributed by atoms with van der Waals surface area (Å²) in [4.78, 5) is 36.3. The number of aryl methyl sites for hydroxylation is 1. The summed E-state index contributed by atoms with van der Waals surface area (Å²) >= 11 is 0. The van der Waals surface area contributed by atoms with Gasteiger partial charge in [0.1, 0.15) is 0 Å². The van der Waals surface area contributed by atoms with Gasteiger partial charge in [-0.15, -0.1) is 0 Å². The second-order valence-corrected chi connectivity index (χ2v) is 5.41. The summed E-state index contributed by atoms with van der Waals surface area (Å²) in [6.45, 7) is 1.05. The van der Waals surface area contributed by atoms with Crippen LogP contribution >= 0.6 is 0 Å². The molecule has 0 spiro atoms. The fourth-order valence-corrected chi connectivity index (χ4v) is 2.18. The van der Waals surface area contributed by atoms with Gasteiger partial charge in [0.25, 0.3) is 0 Å². The Labute approximate surface area is 141 Å². The monoisotopic (exact) mass is 336 g/mol. The molecular weight excluding hydrogens is 312 g/mol. The zero-order chi connectivity index (χ0) is 17.9. The minimum absolute atomic E-state index is 0.0214. The molecule has 7 nitrogen and oxygen atoms in total. The Bertz CT molecular complexity index is 574. The zero-order valence-corrected chi connectivity index (χ0v) is 14.1. The van der Waals surface area contributed by atoms with E-state index in [1.54, 1.807) is 32.4 Å². The normalized spacial score (nSPS) is 10.2. The highest BCUT2D eigenvalue weighted by molar-refractivity contribution is 5.89. The van der Waals surface area contributed by atoms with E-state index in [1.165, 1.54) is 11.0 Å². The summed E-state index contributed by atoms with van der Waals surface area (Å²) in [6.07, 6.45) is 1.19. The highest BCUT2D eigenvalue weighted by Crippen LogP contribution is 2.11. The quantitative estimate of drug-likeness (QED) is 0.620. The molecule has 1 aromatic rings. The standard InChI is InChI=1S/C17H24N2O5/c1-19(12-15(20)18-10-5-11-24-2)16(21)9-8-13-6-3-4-7-14(13)17(22)23/h3-4,6-7H,5,8-12H2,1-2H3,(H,18,20)(H,22,23). The molecule has 0 bridgehead atoms. The van der Waals surface area contributed by atoms with Crippen molar-refractivity contribution in [1.82, 2.24) is 10.2 Å². The van der Waals surface area contributed by atoms with Gasteiger partial charge in [-0.3, -0.25) is 9.59 Å². The number of carboxylic acid groups (broad SMARTS) is 1. The number of amides is 2. The van der Waals surface area contributed by atoms with E-state index in [1.807, 2.05) is 0 Å². The van der Waals surface area contributed by atoms with Gasteiger partial charge < -0.3 is 20.1 Å². The summed E-state index contributed by atoms with van der Waals surface area (Å²) in [7, 11) is 3.15. The van der Waals surface area contributed by atoms with Gasteiger partial charge in [0.15, 0.2) is 0 Å². The van der Waals surface area contributed by atoms with E-state index < -0.39 is 5.97 Å². The molecule has 0 saturated heterocycles. The van der Waals surface area contributed by atoms with E-state index >= 15 is 0 Å². The van der Waals surface area contributed by atoms with Crippen LogP contribution in [0.4, 0.5) is 0 Å². The lowest BCUT2D eigenvalue weighted by Gasteiger charge is -2.17. The summed E-state index contributed by atoms with van der Waals surface area (Å²) in [5.74, 6) is -1.45. The Kier molecular flexibility index (Phi) is 8.49. The molecule has 0 atom stereocenters. The van der Waals surface area contributed by atoms with Gasteiger partial charge in [0.2, 0.25) is 11.8 Å². The highest BCUT2D eigenvalue weighted by atomic mass is 16.5.